The molecule has 1 saturated carbocycles. The number of rotatable bonds is 2. The first kappa shape index (κ1) is 16.0. The van der Waals surface area contributed by atoms with Gasteiger partial charge in [-0.25, -0.2) is 9.69 Å². The van der Waals surface area contributed by atoms with Gasteiger partial charge in [-0.15, -0.1) is 0 Å². The minimum absolute atomic E-state index is 0.0105. The van der Waals surface area contributed by atoms with Crippen molar-refractivity contribution in [3.05, 3.63) is 0 Å². The molecule has 1 aliphatic carbocycles. The van der Waals surface area contributed by atoms with Gasteiger partial charge in [0.15, 0.2) is 0 Å². The first-order chi connectivity index (χ1) is 8.72. The normalized spacial score (nSPS) is 17.4. The number of hydrogen-bond donors (Lipinski definition) is 0. The fourth-order valence-corrected chi connectivity index (χ4v) is 2.41. The van der Waals surface area contributed by atoms with Gasteiger partial charge in [-0.2, -0.15) is 0 Å². The Labute approximate surface area is 116 Å². The molecule has 0 unspecified atom stereocenters. The van der Waals surface area contributed by atoms with E-state index in [1.165, 1.54) is 11.3 Å². The Morgan fingerprint density at radius 1 is 1.11 bits per heavy atom. The Balaban J connectivity index is 2.76. The predicted molar refractivity (Wildman–Crippen MR) is 74.8 cm³/mol. The highest BCUT2D eigenvalue weighted by Crippen LogP contribution is 2.26. The van der Waals surface area contributed by atoms with E-state index in [2.05, 4.69) is 0 Å². The van der Waals surface area contributed by atoms with Gasteiger partial charge < -0.3 is 4.74 Å². The molecule has 4 heteroatoms. The van der Waals surface area contributed by atoms with Crippen molar-refractivity contribution in [3.63, 3.8) is 0 Å². The van der Waals surface area contributed by atoms with Gasteiger partial charge in [0, 0.05) is 12.0 Å². The number of imide groups is 1. The molecule has 2 amide bonds. The monoisotopic (exact) mass is 269 g/mol. The number of carbonyl (C=O) groups is 2. The van der Waals surface area contributed by atoms with Crippen molar-refractivity contribution in [2.75, 3.05) is 0 Å². The molecule has 0 aliphatic heterocycles. The van der Waals surface area contributed by atoms with Crippen molar-refractivity contribution >= 4 is 12.0 Å². The summed E-state index contributed by atoms with van der Waals surface area (Å²) in [4.78, 5) is 26.0. The number of ether oxygens (including phenoxy) is 1. The summed E-state index contributed by atoms with van der Waals surface area (Å²) in [7, 11) is 0. The van der Waals surface area contributed by atoms with Crippen molar-refractivity contribution in [1.82, 2.24) is 4.90 Å². The maximum absolute atomic E-state index is 12.5. The highest BCUT2D eigenvalue weighted by Gasteiger charge is 2.34. The van der Waals surface area contributed by atoms with Gasteiger partial charge in [-0.05, 0) is 47.5 Å². The zero-order valence-electron chi connectivity index (χ0n) is 12.9. The topological polar surface area (TPSA) is 46.6 Å². The molecular formula is C15H27NO3. The molecule has 0 aromatic heterocycles. The van der Waals surface area contributed by atoms with Gasteiger partial charge in [-0.1, -0.05) is 19.3 Å². The molecule has 0 spiro atoms. The molecule has 0 heterocycles. The lowest BCUT2D eigenvalue weighted by atomic mass is 9.88. The van der Waals surface area contributed by atoms with Crippen molar-refractivity contribution in [3.8, 4) is 0 Å². The first-order valence-corrected chi connectivity index (χ1v) is 7.28. The molecule has 19 heavy (non-hydrogen) atoms. The highest BCUT2D eigenvalue weighted by molar-refractivity contribution is 5.93. The molecule has 1 rings (SSSR count). The van der Waals surface area contributed by atoms with Crippen LogP contribution >= 0.6 is 0 Å². The van der Waals surface area contributed by atoms with Crippen LogP contribution in [0.3, 0.4) is 0 Å². The van der Waals surface area contributed by atoms with E-state index in [0.29, 0.717) is 0 Å². The number of hydrogen-bond acceptors (Lipinski definition) is 3. The fraction of sp³-hybridized carbons (Fsp3) is 0.867. The number of carbonyl (C=O) groups excluding carboxylic acids is 2. The van der Waals surface area contributed by atoms with Gasteiger partial charge >= 0.3 is 6.09 Å². The van der Waals surface area contributed by atoms with Crippen LogP contribution in [0.25, 0.3) is 0 Å². The number of amides is 2. The third-order valence-corrected chi connectivity index (χ3v) is 3.30. The molecular weight excluding hydrogens is 242 g/mol. The first-order valence-electron chi connectivity index (χ1n) is 7.28. The molecule has 0 aromatic carbocycles. The van der Waals surface area contributed by atoms with Crippen LogP contribution in [-0.2, 0) is 9.53 Å². The van der Waals surface area contributed by atoms with E-state index < -0.39 is 11.7 Å². The average Bonchev–Trinajstić information content (AvgIpc) is 2.27. The van der Waals surface area contributed by atoms with Crippen molar-refractivity contribution in [2.24, 2.45) is 5.92 Å². The zero-order valence-corrected chi connectivity index (χ0v) is 12.9. The van der Waals surface area contributed by atoms with Crippen molar-refractivity contribution in [2.45, 2.75) is 78.4 Å². The maximum atomic E-state index is 12.5. The molecule has 0 saturated heterocycles. The Hall–Kier alpha value is -1.06. The summed E-state index contributed by atoms with van der Waals surface area (Å²) in [6, 6.07) is -0.163. The second-order valence-electron chi connectivity index (χ2n) is 6.62. The quantitative estimate of drug-likeness (QED) is 0.767. The SMILES string of the molecule is CC(C)N(C(=O)OC(C)(C)C)C(=O)C1CCCCC1. The largest absolute Gasteiger partial charge is 0.443 e. The number of nitrogens with zero attached hydrogens (tertiary/aromatic N) is 1. The minimum atomic E-state index is -0.572. The summed E-state index contributed by atoms with van der Waals surface area (Å²) in [5.41, 5.74) is -0.572. The summed E-state index contributed by atoms with van der Waals surface area (Å²) in [5, 5.41) is 0. The van der Waals surface area contributed by atoms with Crippen LogP contribution in [0, 0.1) is 5.92 Å². The van der Waals surface area contributed by atoms with E-state index in [1.807, 2.05) is 34.6 Å². The molecule has 0 bridgehead atoms. The van der Waals surface area contributed by atoms with Crippen LogP contribution in [0.15, 0.2) is 0 Å². The molecule has 0 aromatic rings. The summed E-state index contributed by atoms with van der Waals surface area (Å²) in [6.07, 6.45) is 4.62. The summed E-state index contributed by atoms with van der Waals surface area (Å²) in [6.45, 7) is 9.15. The van der Waals surface area contributed by atoms with Crippen LogP contribution in [0.5, 0.6) is 0 Å². The van der Waals surface area contributed by atoms with Gasteiger partial charge in [0.25, 0.3) is 0 Å². The second-order valence-corrected chi connectivity index (χ2v) is 6.62. The minimum Gasteiger partial charge on any atom is -0.443 e. The lowest BCUT2D eigenvalue weighted by molar-refractivity contribution is -0.137. The molecule has 4 nitrogen and oxygen atoms in total. The summed E-state index contributed by atoms with van der Waals surface area (Å²) in [5.74, 6) is -0.0763. The van der Waals surface area contributed by atoms with Crippen LogP contribution < -0.4 is 0 Å². The van der Waals surface area contributed by atoms with Gasteiger partial charge in [-0.3, -0.25) is 4.79 Å². The molecule has 1 fully saturated rings. The molecule has 0 N–H and O–H groups in total. The van der Waals surface area contributed by atoms with Gasteiger partial charge in [0.05, 0.1) is 0 Å². The summed E-state index contributed by atoms with van der Waals surface area (Å²) < 4.78 is 5.34. The Morgan fingerprint density at radius 2 is 1.63 bits per heavy atom. The molecule has 0 atom stereocenters. The average molecular weight is 269 g/mol. The van der Waals surface area contributed by atoms with Crippen molar-refractivity contribution in [1.29, 1.82) is 0 Å². The standard InChI is InChI=1S/C15H27NO3/c1-11(2)16(14(18)19-15(3,4)5)13(17)12-9-7-6-8-10-12/h11-12H,6-10H2,1-5H3. The maximum Gasteiger partial charge on any atom is 0.417 e. The Kier molecular flexibility index (Phi) is 5.39. The Bertz CT molecular complexity index is 325. The molecule has 110 valence electrons. The lowest BCUT2D eigenvalue weighted by Gasteiger charge is -2.32. The smallest absolute Gasteiger partial charge is 0.417 e. The third kappa shape index (κ3) is 4.84. The van der Waals surface area contributed by atoms with E-state index in [9.17, 15) is 9.59 Å². The van der Waals surface area contributed by atoms with Crippen LogP contribution in [0.2, 0.25) is 0 Å². The predicted octanol–water partition coefficient (Wildman–Crippen LogP) is 3.74. The molecule has 1 aliphatic rings. The zero-order chi connectivity index (χ0) is 14.6. The van der Waals surface area contributed by atoms with Crippen LogP contribution in [0.1, 0.15) is 66.7 Å². The van der Waals surface area contributed by atoms with Gasteiger partial charge in [0.1, 0.15) is 5.60 Å². The van der Waals surface area contributed by atoms with Crippen LogP contribution in [-0.4, -0.2) is 28.5 Å². The highest BCUT2D eigenvalue weighted by atomic mass is 16.6. The van der Waals surface area contributed by atoms with E-state index in [4.69, 9.17) is 4.74 Å². The third-order valence-electron chi connectivity index (χ3n) is 3.30. The van der Waals surface area contributed by atoms with E-state index in [1.54, 1.807) is 0 Å². The van der Waals surface area contributed by atoms with E-state index in [-0.39, 0.29) is 17.9 Å². The van der Waals surface area contributed by atoms with Crippen LogP contribution in [0.4, 0.5) is 4.79 Å². The van der Waals surface area contributed by atoms with Gasteiger partial charge in [0.2, 0.25) is 5.91 Å². The summed E-state index contributed by atoms with van der Waals surface area (Å²) >= 11 is 0. The lowest BCUT2D eigenvalue weighted by Crippen LogP contribution is -2.47. The fourth-order valence-electron chi connectivity index (χ4n) is 2.41. The molecule has 0 radical (unpaired) electrons. The van der Waals surface area contributed by atoms with E-state index in [0.717, 1.165) is 25.7 Å². The second kappa shape index (κ2) is 6.40. The Morgan fingerprint density at radius 3 is 2.05 bits per heavy atom. The van der Waals surface area contributed by atoms with Crippen molar-refractivity contribution < 1.29 is 14.3 Å². The van der Waals surface area contributed by atoms with E-state index >= 15 is 0 Å².